The average molecular weight is 320 g/mol. The molecule has 2 aromatic heterocycles. The van der Waals surface area contributed by atoms with Gasteiger partial charge in [0.1, 0.15) is 0 Å². The molecule has 1 unspecified atom stereocenters. The lowest BCUT2D eigenvalue weighted by Crippen LogP contribution is -2.28. The molecule has 0 aliphatic carbocycles. The van der Waals surface area contributed by atoms with Gasteiger partial charge in [-0.3, -0.25) is 9.97 Å². The summed E-state index contributed by atoms with van der Waals surface area (Å²) in [4.78, 5) is 8.57. The number of hydrogen-bond acceptors (Lipinski definition) is 3. The van der Waals surface area contributed by atoms with Crippen LogP contribution in [-0.2, 0) is 12.8 Å². The second-order valence-corrected chi connectivity index (χ2v) is 5.47. The first kappa shape index (κ1) is 14.2. The first-order valence-corrected chi connectivity index (χ1v) is 7.24. The Balaban J connectivity index is 1.88. The molecule has 3 nitrogen and oxygen atoms in total. The van der Waals surface area contributed by atoms with E-state index >= 15 is 0 Å². The quantitative estimate of drug-likeness (QED) is 0.889. The smallest absolute Gasteiger partial charge is 0.0419 e. The van der Waals surface area contributed by atoms with Gasteiger partial charge in [-0.15, -0.1) is 0 Å². The van der Waals surface area contributed by atoms with Crippen LogP contribution in [0.5, 0.6) is 0 Å². The van der Waals surface area contributed by atoms with Crippen molar-refractivity contribution >= 4 is 15.9 Å². The van der Waals surface area contributed by atoms with E-state index in [-0.39, 0.29) is 0 Å². The second kappa shape index (κ2) is 7.36. The summed E-state index contributed by atoms with van der Waals surface area (Å²) in [5.74, 6) is 0. The van der Waals surface area contributed by atoms with Crippen molar-refractivity contribution in [3.63, 3.8) is 0 Å². The molecule has 1 N–H and O–H groups in total. The van der Waals surface area contributed by atoms with Gasteiger partial charge in [0, 0.05) is 41.2 Å². The fourth-order valence-corrected chi connectivity index (χ4v) is 2.25. The highest BCUT2D eigenvalue weighted by atomic mass is 79.9. The zero-order valence-electron chi connectivity index (χ0n) is 11.0. The van der Waals surface area contributed by atoms with Gasteiger partial charge in [0.25, 0.3) is 0 Å². The van der Waals surface area contributed by atoms with Crippen LogP contribution >= 0.6 is 15.9 Å². The maximum Gasteiger partial charge on any atom is 0.0419 e. The Hall–Kier alpha value is -1.26. The molecule has 0 bridgehead atoms. The number of aromatic nitrogens is 2. The van der Waals surface area contributed by atoms with E-state index in [9.17, 15) is 0 Å². The highest BCUT2D eigenvalue weighted by Crippen LogP contribution is 2.11. The SMILES string of the molecule is CNC(CCc1cccnc1)Cc1ccc(Br)cn1. The molecule has 0 radical (unpaired) electrons. The fourth-order valence-electron chi connectivity index (χ4n) is 2.02. The number of aryl methyl sites for hydroxylation is 1. The monoisotopic (exact) mass is 319 g/mol. The van der Waals surface area contributed by atoms with Gasteiger partial charge in [-0.25, -0.2) is 0 Å². The van der Waals surface area contributed by atoms with E-state index in [1.807, 2.05) is 37.8 Å². The Bertz CT molecular complexity index is 485. The first-order chi connectivity index (χ1) is 9.28. The van der Waals surface area contributed by atoms with Gasteiger partial charge in [0.15, 0.2) is 0 Å². The van der Waals surface area contributed by atoms with Gasteiger partial charge in [0.05, 0.1) is 0 Å². The van der Waals surface area contributed by atoms with Crippen molar-refractivity contribution in [1.82, 2.24) is 15.3 Å². The summed E-state index contributed by atoms with van der Waals surface area (Å²) in [6, 6.07) is 8.65. The van der Waals surface area contributed by atoms with Crippen molar-refractivity contribution in [1.29, 1.82) is 0 Å². The molecule has 0 saturated carbocycles. The molecule has 0 saturated heterocycles. The summed E-state index contributed by atoms with van der Waals surface area (Å²) in [6.07, 6.45) is 8.67. The fraction of sp³-hybridized carbons (Fsp3) is 0.333. The summed E-state index contributed by atoms with van der Waals surface area (Å²) in [6.45, 7) is 0. The maximum atomic E-state index is 4.42. The van der Waals surface area contributed by atoms with Crippen LogP contribution in [0, 0.1) is 0 Å². The van der Waals surface area contributed by atoms with Crippen LogP contribution in [0.2, 0.25) is 0 Å². The molecular weight excluding hydrogens is 302 g/mol. The van der Waals surface area contributed by atoms with Crippen molar-refractivity contribution in [3.05, 3.63) is 58.6 Å². The molecule has 19 heavy (non-hydrogen) atoms. The van der Waals surface area contributed by atoms with Crippen molar-refractivity contribution in [2.45, 2.75) is 25.3 Å². The van der Waals surface area contributed by atoms with Crippen LogP contribution in [0.4, 0.5) is 0 Å². The zero-order valence-corrected chi connectivity index (χ0v) is 12.6. The number of halogens is 1. The summed E-state index contributed by atoms with van der Waals surface area (Å²) in [5, 5.41) is 3.36. The Morgan fingerprint density at radius 2 is 2.16 bits per heavy atom. The van der Waals surface area contributed by atoms with Gasteiger partial charge in [-0.1, -0.05) is 6.07 Å². The third kappa shape index (κ3) is 4.73. The van der Waals surface area contributed by atoms with E-state index in [0.717, 1.165) is 29.4 Å². The Kier molecular flexibility index (Phi) is 5.48. The minimum atomic E-state index is 0.439. The molecule has 1 atom stereocenters. The normalized spacial score (nSPS) is 12.3. The summed E-state index contributed by atoms with van der Waals surface area (Å²) in [5.41, 5.74) is 2.40. The average Bonchev–Trinajstić information content (AvgIpc) is 2.46. The largest absolute Gasteiger partial charge is 0.317 e. The topological polar surface area (TPSA) is 37.8 Å². The minimum Gasteiger partial charge on any atom is -0.317 e. The van der Waals surface area contributed by atoms with Crippen LogP contribution in [-0.4, -0.2) is 23.1 Å². The zero-order chi connectivity index (χ0) is 13.5. The molecule has 100 valence electrons. The highest BCUT2D eigenvalue weighted by molar-refractivity contribution is 9.10. The number of pyridine rings is 2. The lowest BCUT2D eigenvalue weighted by atomic mass is 10.0. The van der Waals surface area contributed by atoms with Gasteiger partial charge < -0.3 is 5.32 Å². The molecular formula is C15H18BrN3. The lowest BCUT2D eigenvalue weighted by Gasteiger charge is -2.15. The molecule has 0 amide bonds. The van der Waals surface area contributed by atoms with Crippen LogP contribution < -0.4 is 5.32 Å². The van der Waals surface area contributed by atoms with Crippen LogP contribution in [0.1, 0.15) is 17.7 Å². The third-order valence-electron chi connectivity index (χ3n) is 3.16. The molecule has 2 rings (SSSR count). The molecule has 0 fully saturated rings. The highest BCUT2D eigenvalue weighted by Gasteiger charge is 2.08. The van der Waals surface area contributed by atoms with E-state index in [1.165, 1.54) is 5.56 Å². The standard InChI is InChI=1S/C15H18BrN3/c1-17-14(6-4-12-3-2-8-18-10-12)9-15-7-5-13(16)11-19-15/h2-3,5,7-8,10-11,14,17H,4,6,9H2,1H3. The number of hydrogen-bond donors (Lipinski definition) is 1. The van der Waals surface area contributed by atoms with Crippen molar-refractivity contribution in [2.24, 2.45) is 0 Å². The summed E-state index contributed by atoms with van der Waals surface area (Å²) >= 11 is 3.40. The van der Waals surface area contributed by atoms with E-state index in [4.69, 9.17) is 0 Å². The molecule has 0 aliphatic rings. The summed E-state index contributed by atoms with van der Waals surface area (Å²) in [7, 11) is 2.01. The van der Waals surface area contributed by atoms with Crippen molar-refractivity contribution < 1.29 is 0 Å². The number of nitrogens with zero attached hydrogens (tertiary/aromatic N) is 2. The van der Waals surface area contributed by atoms with Gasteiger partial charge in [-0.2, -0.15) is 0 Å². The summed E-state index contributed by atoms with van der Waals surface area (Å²) < 4.78 is 1.02. The molecule has 2 aromatic rings. The third-order valence-corrected chi connectivity index (χ3v) is 3.63. The van der Waals surface area contributed by atoms with Gasteiger partial charge in [0.2, 0.25) is 0 Å². The number of rotatable bonds is 6. The predicted octanol–water partition coefficient (Wildman–Crippen LogP) is 3.00. The second-order valence-electron chi connectivity index (χ2n) is 4.56. The van der Waals surface area contributed by atoms with Gasteiger partial charge >= 0.3 is 0 Å². The molecule has 0 aliphatic heterocycles. The Morgan fingerprint density at radius 3 is 2.79 bits per heavy atom. The Morgan fingerprint density at radius 1 is 1.26 bits per heavy atom. The first-order valence-electron chi connectivity index (χ1n) is 6.44. The molecule has 4 heteroatoms. The van der Waals surface area contributed by atoms with Gasteiger partial charge in [-0.05, 0) is 59.6 Å². The molecule has 0 spiro atoms. The minimum absolute atomic E-state index is 0.439. The van der Waals surface area contributed by atoms with E-state index in [2.05, 4.69) is 43.3 Å². The van der Waals surface area contributed by atoms with E-state index in [0.29, 0.717) is 6.04 Å². The van der Waals surface area contributed by atoms with Crippen LogP contribution in [0.3, 0.4) is 0 Å². The predicted molar refractivity (Wildman–Crippen MR) is 81.0 cm³/mol. The maximum absolute atomic E-state index is 4.42. The van der Waals surface area contributed by atoms with E-state index in [1.54, 1.807) is 0 Å². The Labute approximate surface area is 122 Å². The number of likely N-dealkylation sites (N-methyl/N-ethyl adjacent to an activating group) is 1. The molecule has 2 heterocycles. The van der Waals surface area contributed by atoms with Crippen LogP contribution in [0.15, 0.2) is 47.3 Å². The molecule has 0 aromatic carbocycles. The lowest BCUT2D eigenvalue weighted by molar-refractivity contribution is 0.515. The van der Waals surface area contributed by atoms with E-state index < -0.39 is 0 Å². The van der Waals surface area contributed by atoms with Crippen molar-refractivity contribution in [2.75, 3.05) is 7.05 Å². The van der Waals surface area contributed by atoms with Crippen LogP contribution in [0.25, 0.3) is 0 Å². The number of nitrogens with one attached hydrogen (secondary N) is 1. The van der Waals surface area contributed by atoms with Crippen molar-refractivity contribution in [3.8, 4) is 0 Å².